The van der Waals surface area contributed by atoms with Gasteiger partial charge in [0.15, 0.2) is 34.5 Å². The second-order valence-electron chi connectivity index (χ2n) is 11.4. The van der Waals surface area contributed by atoms with Gasteiger partial charge >= 0.3 is 0 Å². The molecule has 1 saturated heterocycles. The average molecular weight is 661 g/mol. The van der Waals surface area contributed by atoms with Crippen molar-refractivity contribution in [2.24, 2.45) is 0 Å². The molecule has 0 spiro atoms. The topological polar surface area (TPSA) is 217 Å². The van der Waals surface area contributed by atoms with E-state index in [0.717, 1.165) is 0 Å². The molecular weight excluding hydrogens is 620 g/mol. The Kier molecular flexibility index (Phi) is 10.6. The van der Waals surface area contributed by atoms with Crippen LogP contribution < -0.4 is 23.7 Å². The van der Waals surface area contributed by atoms with Crippen molar-refractivity contribution < 1.29 is 69.3 Å². The number of methoxy groups -OCH3 is 3. The van der Waals surface area contributed by atoms with E-state index in [1.54, 1.807) is 30.3 Å². The van der Waals surface area contributed by atoms with Gasteiger partial charge in [-0.2, -0.15) is 0 Å². The molecule has 0 aliphatic carbocycles. The summed E-state index contributed by atoms with van der Waals surface area (Å²) in [6, 6.07) is 12.6. The zero-order valence-electron chi connectivity index (χ0n) is 26.0. The normalized spacial score (nSPS) is 26.6. The molecule has 2 aliphatic rings. The Bertz CT molecular complexity index is 1530. The second kappa shape index (κ2) is 14.5. The third-order valence-electron chi connectivity index (χ3n) is 8.69. The van der Waals surface area contributed by atoms with Crippen molar-refractivity contribution in [2.75, 3.05) is 41.2 Å². The highest BCUT2D eigenvalue weighted by atomic mass is 16.7. The minimum atomic E-state index is -1.62. The van der Waals surface area contributed by atoms with Crippen molar-refractivity contribution in [3.05, 3.63) is 70.8 Å². The number of hydrogen-bond donors (Lipinski definition) is 8. The molecule has 0 aromatic heterocycles. The lowest BCUT2D eigenvalue weighted by molar-refractivity contribution is -0.277. The number of phenols is 1. The van der Waals surface area contributed by atoms with Crippen LogP contribution in [0.15, 0.2) is 48.5 Å². The Morgan fingerprint density at radius 3 is 2.09 bits per heavy atom. The third kappa shape index (κ3) is 6.51. The molecule has 2 heterocycles. The van der Waals surface area contributed by atoms with E-state index in [1.807, 2.05) is 0 Å². The van der Waals surface area contributed by atoms with Gasteiger partial charge in [0.1, 0.15) is 30.5 Å². The van der Waals surface area contributed by atoms with Crippen LogP contribution in [0, 0.1) is 0 Å². The summed E-state index contributed by atoms with van der Waals surface area (Å²) < 4.78 is 33.9. The summed E-state index contributed by atoms with van der Waals surface area (Å²) in [7, 11) is 4.24. The number of aliphatic hydroxyl groups is 7. The molecule has 47 heavy (non-hydrogen) atoms. The lowest BCUT2D eigenvalue weighted by Crippen LogP contribution is -2.60. The summed E-state index contributed by atoms with van der Waals surface area (Å²) >= 11 is 0. The summed E-state index contributed by atoms with van der Waals surface area (Å²) in [4.78, 5) is 0. The van der Waals surface area contributed by atoms with Crippen molar-refractivity contribution in [3.63, 3.8) is 0 Å². The van der Waals surface area contributed by atoms with Crippen LogP contribution in [-0.2, 0) is 4.74 Å². The molecule has 9 atom stereocenters. The number of benzene rings is 3. The van der Waals surface area contributed by atoms with Gasteiger partial charge in [-0.15, -0.1) is 0 Å². The zero-order chi connectivity index (χ0) is 34.0. The highest BCUT2D eigenvalue weighted by Gasteiger charge is 2.45. The fourth-order valence-electron chi connectivity index (χ4n) is 6.03. The molecule has 0 unspecified atom stereocenters. The molecule has 0 saturated carbocycles. The number of aliphatic hydroxyl groups excluding tert-OH is 7. The van der Waals surface area contributed by atoms with Gasteiger partial charge in [-0.05, 0) is 53.1 Å². The highest BCUT2D eigenvalue weighted by Crippen LogP contribution is 2.52. The molecular formula is C33H40O14. The number of ether oxygens (including phenoxy) is 6. The quantitative estimate of drug-likeness (QED) is 0.134. The Balaban J connectivity index is 1.43. The summed E-state index contributed by atoms with van der Waals surface area (Å²) in [5.74, 6) is -0.314. The number of phenolic OH excluding ortho intramolecular Hbond substituents is 1. The SMILES string of the molecule is COc1cc([C@H](CO)[C@H](O)c2cc(OC)c3c(c2)[C@@H](CO)[C@H](c2ccc(O[C@@H]4O[C@H](CO)[C@@H](O)[C@H](O)[C@H]4O)c(OC)c2)O3)ccc1O. The molecule has 3 aromatic carbocycles. The first-order chi connectivity index (χ1) is 22.6. The van der Waals surface area contributed by atoms with Crippen molar-refractivity contribution >= 4 is 0 Å². The molecule has 1 fully saturated rings. The fraction of sp³-hybridized carbons (Fsp3) is 0.455. The lowest BCUT2D eigenvalue weighted by Gasteiger charge is -2.39. The molecule has 14 nitrogen and oxygen atoms in total. The van der Waals surface area contributed by atoms with Gasteiger partial charge < -0.3 is 69.3 Å². The Labute approximate surface area is 270 Å². The van der Waals surface area contributed by atoms with Crippen LogP contribution in [-0.4, -0.2) is 113 Å². The number of hydrogen-bond acceptors (Lipinski definition) is 14. The van der Waals surface area contributed by atoms with E-state index in [0.29, 0.717) is 33.8 Å². The standard InChI is InChI=1S/C33H40O14/c1-42-23-9-15(4-6-21(23)37)19(12-34)27(38)17-8-18-20(13-35)31(47-32(18)25(11-17)44-3)16-5-7-22(24(10-16)43-2)45-33-30(41)29(40)28(39)26(14-36)46-33/h4-11,19-20,26-31,33-41H,12-14H2,1-3H3/t19-,20+,26+,27+,28+,29-,30+,31-,33+/m0/s1. The summed E-state index contributed by atoms with van der Waals surface area (Å²) in [5, 5.41) is 82.4. The van der Waals surface area contributed by atoms with Crippen molar-refractivity contribution in [1.29, 1.82) is 0 Å². The fourth-order valence-corrected chi connectivity index (χ4v) is 6.03. The van der Waals surface area contributed by atoms with Gasteiger partial charge in [0, 0.05) is 11.5 Å². The second-order valence-corrected chi connectivity index (χ2v) is 11.4. The lowest BCUT2D eigenvalue weighted by atomic mass is 9.86. The smallest absolute Gasteiger partial charge is 0.229 e. The maximum atomic E-state index is 11.5. The molecule has 256 valence electrons. The van der Waals surface area contributed by atoms with Gasteiger partial charge in [0.2, 0.25) is 6.29 Å². The van der Waals surface area contributed by atoms with Crippen LogP contribution >= 0.6 is 0 Å². The molecule has 8 N–H and O–H groups in total. The van der Waals surface area contributed by atoms with Crippen LogP contribution in [0.1, 0.15) is 46.3 Å². The van der Waals surface area contributed by atoms with E-state index in [2.05, 4.69) is 0 Å². The van der Waals surface area contributed by atoms with Crippen LogP contribution in [0.5, 0.6) is 34.5 Å². The summed E-state index contributed by atoms with van der Waals surface area (Å²) in [5.41, 5.74) is 2.06. The van der Waals surface area contributed by atoms with E-state index in [9.17, 15) is 40.9 Å². The summed E-state index contributed by atoms with van der Waals surface area (Å²) in [6.07, 6.45) is -9.33. The van der Waals surface area contributed by atoms with E-state index >= 15 is 0 Å². The molecule has 3 aromatic rings. The first kappa shape index (κ1) is 34.5. The number of rotatable bonds is 12. The average Bonchev–Trinajstić information content (AvgIpc) is 3.47. The first-order valence-corrected chi connectivity index (χ1v) is 14.9. The largest absolute Gasteiger partial charge is 0.504 e. The molecule has 0 radical (unpaired) electrons. The Morgan fingerprint density at radius 1 is 0.745 bits per heavy atom. The third-order valence-corrected chi connectivity index (χ3v) is 8.69. The van der Waals surface area contributed by atoms with Crippen molar-refractivity contribution in [2.45, 2.75) is 54.7 Å². The van der Waals surface area contributed by atoms with Crippen LogP contribution in [0.3, 0.4) is 0 Å². The number of fused-ring (bicyclic) bond motifs is 1. The minimum absolute atomic E-state index is 0.0827. The summed E-state index contributed by atoms with van der Waals surface area (Å²) in [6.45, 7) is -1.38. The van der Waals surface area contributed by atoms with Crippen molar-refractivity contribution in [3.8, 4) is 34.5 Å². The zero-order valence-corrected chi connectivity index (χ0v) is 26.0. The van der Waals surface area contributed by atoms with Crippen LogP contribution in [0.2, 0.25) is 0 Å². The highest BCUT2D eigenvalue weighted by molar-refractivity contribution is 5.57. The van der Waals surface area contributed by atoms with Gasteiger partial charge in [0.25, 0.3) is 0 Å². The van der Waals surface area contributed by atoms with Gasteiger partial charge in [-0.3, -0.25) is 0 Å². The molecule has 0 bridgehead atoms. The number of aromatic hydroxyl groups is 1. The van der Waals surface area contributed by atoms with E-state index in [4.69, 9.17) is 28.4 Å². The Morgan fingerprint density at radius 2 is 1.45 bits per heavy atom. The molecule has 5 rings (SSSR count). The molecule has 14 heteroatoms. The predicted octanol–water partition coefficient (Wildman–Crippen LogP) is 0.616. The monoisotopic (exact) mass is 660 g/mol. The van der Waals surface area contributed by atoms with E-state index < -0.39 is 68.0 Å². The maximum Gasteiger partial charge on any atom is 0.229 e. The molecule has 0 amide bonds. The van der Waals surface area contributed by atoms with Crippen molar-refractivity contribution in [1.82, 2.24) is 0 Å². The minimum Gasteiger partial charge on any atom is -0.504 e. The van der Waals surface area contributed by atoms with Crippen LogP contribution in [0.25, 0.3) is 0 Å². The van der Waals surface area contributed by atoms with Crippen LogP contribution in [0.4, 0.5) is 0 Å². The first-order valence-electron chi connectivity index (χ1n) is 14.9. The van der Waals surface area contributed by atoms with E-state index in [-0.39, 0.29) is 29.6 Å². The predicted molar refractivity (Wildman–Crippen MR) is 163 cm³/mol. The van der Waals surface area contributed by atoms with Gasteiger partial charge in [-0.25, -0.2) is 0 Å². The maximum absolute atomic E-state index is 11.5. The van der Waals surface area contributed by atoms with Gasteiger partial charge in [-0.1, -0.05) is 12.1 Å². The van der Waals surface area contributed by atoms with Gasteiger partial charge in [0.05, 0.1) is 53.2 Å². The Hall–Kier alpha value is -3.86. The molecule has 2 aliphatic heterocycles. The van der Waals surface area contributed by atoms with E-state index in [1.165, 1.54) is 39.5 Å².